The van der Waals surface area contributed by atoms with E-state index in [2.05, 4.69) is 24.1 Å². The molecule has 19 heavy (non-hydrogen) atoms. The molecular formula is C15H18N2OS. The Balaban J connectivity index is 1.94. The van der Waals surface area contributed by atoms with E-state index in [1.54, 1.807) is 17.5 Å². The summed E-state index contributed by atoms with van der Waals surface area (Å²) in [6, 6.07) is 7.81. The molecule has 1 amide bonds. The van der Waals surface area contributed by atoms with Gasteiger partial charge < -0.3 is 5.32 Å². The van der Waals surface area contributed by atoms with Crippen LogP contribution in [0.5, 0.6) is 0 Å². The summed E-state index contributed by atoms with van der Waals surface area (Å²) >= 11 is 1.61. The number of rotatable bonds is 5. The Hall–Kier alpha value is -1.68. The minimum absolute atomic E-state index is 0.0794. The van der Waals surface area contributed by atoms with Crippen molar-refractivity contribution in [3.05, 3.63) is 35.8 Å². The van der Waals surface area contributed by atoms with Crippen molar-refractivity contribution < 1.29 is 4.79 Å². The monoisotopic (exact) mass is 274 g/mol. The van der Waals surface area contributed by atoms with Crippen LogP contribution in [0.15, 0.2) is 35.8 Å². The average molecular weight is 274 g/mol. The molecular weight excluding hydrogens is 256 g/mol. The van der Waals surface area contributed by atoms with Gasteiger partial charge in [0.05, 0.1) is 0 Å². The van der Waals surface area contributed by atoms with Crippen molar-refractivity contribution in [2.45, 2.75) is 26.7 Å². The maximum Gasteiger partial charge on any atom is 0.224 e. The maximum absolute atomic E-state index is 11.7. The summed E-state index contributed by atoms with van der Waals surface area (Å²) in [6.07, 6.45) is 3.29. The van der Waals surface area contributed by atoms with Gasteiger partial charge in [-0.2, -0.15) is 0 Å². The fourth-order valence-corrected chi connectivity index (χ4v) is 2.35. The highest BCUT2D eigenvalue weighted by Crippen LogP contribution is 2.23. The molecule has 0 radical (unpaired) electrons. The highest BCUT2D eigenvalue weighted by Gasteiger charge is 2.05. The quantitative estimate of drug-likeness (QED) is 0.888. The summed E-state index contributed by atoms with van der Waals surface area (Å²) in [7, 11) is 0. The summed E-state index contributed by atoms with van der Waals surface area (Å²) in [4.78, 5) is 16.0. The molecule has 1 heterocycles. The van der Waals surface area contributed by atoms with Gasteiger partial charge in [0, 0.05) is 29.2 Å². The van der Waals surface area contributed by atoms with Gasteiger partial charge in [0.2, 0.25) is 5.91 Å². The first-order valence-corrected chi connectivity index (χ1v) is 7.33. The molecule has 4 heteroatoms. The van der Waals surface area contributed by atoms with Crippen molar-refractivity contribution in [3.63, 3.8) is 0 Å². The van der Waals surface area contributed by atoms with Crippen LogP contribution in [0.1, 0.15) is 26.7 Å². The zero-order valence-corrected chi connectivity index (χ0v) is 12.0. The second-order valence-corrected chi connectivity index (χ2v) is 5.79. The Morgan fingerprint density at radius 3 is 2.63 bits per heavy atom. The number of hydrogen-bond acceptors (Lipinski definition) is 3. The number of amides is 1. The first kappa shape index (κ1) is 13.7. The first-order valence-electron chi connectivity index (χ1n) is 6.45. The molecule has 0 spiro atoms. The normalized spacial score (nSPS) is 10.7. The van der Waals surface area contributed by atoms with E-state index in [4.69, 9.17) is 0 Å². The predicted octanol–water partition coefficient (Wildman–Crippen LogP) is 4.18. The number of nitrogens with one attached hydrogen (secondary N) is 1. The van der Waals surface area contributed by atoms with Crippen LogP contribution >= 0.6 is 11.3 Å². The molecule has 0 unspecified atom stereocenters. The molecule has 0 aliphatic rings. The second-order valence-electron chi connectivity index (χ2n) is 4.90. The van der Waals surface area contributed by atoms with E-state index in [0.29, 0.717) is 12.3 Å². The van der Waals surface area contributed by atoms with Crippen LogP contribution < -0.4 is 5.32 Å². The highest BCUT2D eigenvalue weighted by molar-refractivity contribution is 7.13. The summed E-state index contributed by atoms with van der Waals surface area (Å²) in [6.45, 7) is 4.24. The van der Waals surface area contributed by atoms with Gasteiger partial charge in [0.1, 0.15) is 5.01 Å². The number of anilines is 1. The molecule has 0 saturated heterocycles. The van der Waals surface area contributed by atoms with Gasteiger partial charge in [0.25, 0.3) is 0 Å². The topological polar surface area (TPSA) is 42.0 Å². The Morgan fingerprint density at radius 1 is 1.32 bits per heavy atom. The van der Waals surface area contributed by atoms with E-state index in [-0.39, 0.29) is 5.91 Å². The molecule has 1 aromatic carbocycles. The van der Waals surface area contributed by atoms with Gasteiger partial charge in [0.15, 0.2) is 0 Å². The lowest BCUT2D eigenvalue weighted by atomic mass is 10.1. The van der Waals surface area contributed by atoms with Crippen molar-refractivity contribution in [2.75, 3.05) is 5.32 Å². The molecule has 100 valence electrons. The third-order valence-corrected chi connectivity index (χ3v) is 3.62. The number of nitrogens with zero attached hydrogens (tertiary/aromatic N) is 1. The van der Waals surface area contributed by atoms with Gasteiger partial charge in [-0.1, -0.05) is 13.8 Å². The number of carbonyl (C=O) groups is 1. The fourth-order valence-electron chi connectivity index (χ4n) is 1.71. The van der Waals surface area contributed by atoms with Crippen molar-refractivity contribution >= 4 is 22.9 Å². The zero-order valence-electron chi connectivity index (χ0n) is 11.2. The second kappa shape index (κ2) is 6.48. The number of carbonyl (C=O) groups excluding carboxylic acids is 1. The van der Waals surface area contributed by atoms with Gasteiger partial charge >= 0.3 is 0 Å². The van der Waals surface area contributed by atoms with E-state index in [1.807, 2.05) is 29.6 Å². The van der Waals surface area contributed by atoms with Crippen molar-refractivity contribution in [1.82, 2.24) is 4.98 Å². The van der Waals surface area contributed by atoms with E-state index in [0.717, 1.165) is 22.7 Å². The Labute approximate surface area is 117 Å². The van der Waals surface area contributed by atoms with Crippen molar-refractivity contribution in [1.29, 1.82) is 0 Å². The van der Waals surface area contributed by atoms with Crippen molar-refractivity contribution in [3.8, 4) is 10.6 Å². The predicted molar refractivity (Wildman–Crippen MR) is 80.3 cm³/mol. The molecule has 2 aromatic rings. The number of thiazole rings is 1. The van der Waals surface area contributed by atoms with Gasteiger partial charge in [-0.25, -0.2) is 4.98 Å². The fraction of sp³-hybridized carbons (Fsp3) is 0.333. The molecule has 0 bridgehead atoms. The molecule has 3 nitrogen and oxygen atoms in total. The lowest BCUT2D eigenvalue weighted by Crippen LogP contribution is -2.11. The van der Waals surface area contributed by atoms with E-state index in [9.17, 15) is 4.79 Å². The lowest BCUT2D eigenvalue weighted by molar-refractivity contribution is -0.116. The molecule has 1 aromatic heterocycles. The molecule has 1 N–H and O–H groups in total. The minimum atomic E-state index is 0.0794. The van der Waals surface area contributed by atoms with Crippen LogP contribution in [0, 0.1) is 5.92 Å². The third-order valence-electron chi connectivity index (χ3n) is 2.80. The molecule has 0 fully saturated rings. The van der Waals surface area contributed by atoms with Crippen LogP contribution in [-0.4, -0.2) is 10.9 Å². The van der Waals surface area contributed by atoms with Crippen LogP contribution in [0.2, 0.25) is 0 Å². The highest BCUT2D eigenvalue weighted by atomic mass is 32.1. The molecule has 0 aliphatic heterocycles. The van der Waals surface area contributed by atoms with E-state index in [1.165, 1.54) is 0 Å². The smallest absolute Gasteiger partial charge is 0.224 e. The van der Waals surface area contributed by atoms with E-state index < -0.39 is 0 Å². The number of benzene rings is 1. The van der Waals surface area contributed by atoms with Crippen molar-refractivity contribution in [2.24, 2.45) is 5.92 Å². The summed E-state index contributed by atoms with van der Waals surface area (Å²) < 4.78 is 0. The van der Waals surface area contributed by atoms with Gasteiger partial charge in [-0.15, -0.1) is 11.3 Å². The number of aromatic nitrogens is 1. The van der Waals surface area contributed by atoms with Gasteiger partial charge in [-0.05, 0) is 36.6 Å². The Morgan fingerprint density at radius 2 is 2.05 bits per heavy atom. The zero-order chi connectivity index (χ0) is 13.7. The summed E-state index contributed by atoms with van der Waals surface area (Å²) in [5, 5.41) is 5.87. The Bertz CT molecular complexity index is 518. The van der Waals surface area contributed by atoms with Crippen LogP contribution in [-0.2, 0) is 4.79 Å². The lowest BCUT2D eigenvalue weighted by Gasteiger charge is -2.07. The molecule has 0 saturated carbocycles. The standard InChI is InChI=1S/C15H18N2OS/c1-11(2)3-8-14(18)17-13-6-4-12(5-7-13)15-16-9-10-19-15/h4-7,9-11H,3,8H2,1-2H3,(H,17,18). The van der Waals surface area contributed by atoms with Crippen LogP contribution in [0.3, 0.4) is 0 Å². The summed E-state index contributed by atoms with van der Waals surface area (Å²) in [5.41, 5.74) is 1.92. The summed E-state index contributed by atoms with van der Waals surface area (Å²) in [5.74, 6) is 0.633. The molecule has 0 aliphatic carbocycles. The van der Waals surface area contributed by atoms with Crippen LogP contribution in [0.25, 0.3) is 10.6 Å². The van der Waals surface area contributed by atoms with Gasteiger partial charge in [-0.3, -0.25) is 4.79 Å². The molecule has 2 rings (SSSR count). The SMILES string of the molecule is CC(C)CCC(=O)Nc1ccc(-c2nccs2)cc1. The van der Waals surface area contributed by atoms with E-state index >= 15 is 0 Å². The average Bonchev–Trinajstić information content (AvgIpc) is 2.91. The third kappa shape index (κ3) is 4.17. The Kier molecular flexibility index (Phi) is 4.68. The van der Waals surface area contributed by atoms with Crippen LogP contribution in [0.4, 0.5) is 5.69 Å². The largest absolute Gasteiger partial charge is 0.326 e. The maximum atomic E-state index is 11.7. The number of hydrogen-bond donors (Lipinski definition) is 1. The molecule has 0 atom stereocenters. The first-order chi connectivity index (χ1) is 9.15. The minimum Gasteiger partial charge on any atom is -0.326 e.